The molecule has 0 aliphatic carbocycles. The zero-order valence-corrected chi connectivity index (χ0v) is 18.8. The van der Waals surface area contributed by atoms with E-state index in [1.54, 1.807) is 48.5 Å². The molecule has 1 atom stereocenters. The molecule has 0 aliphatic rings. The first-order chi connectivity index (χ1) is 17.3. The van der Waals surface area contributed by atoms with Crippen LogP contribution >= 0.6 is 0 Å². The van der Waals surface area contributed by atoms with E-state index in [4.69, 9.17) is 15.9 Å². The van der Waals surface area contributed by atoms with Crippen molar-refractivity contribution < 1.29 is 22.6 Å². The number of para-hydroxylation sites is 2. The van der Waals surface area contributed by atoms with E-state index < -0.39 is 24.2 Å². The highest BCUT2D eigenvalue weighted by molar-refractivity contribution is 5.95. The van der Waals surface area contributed by atoms with Gasteiger partial charge in [0.1, 0.15) is 34.9 Å². The summed E-state index contributed by atoms with van der Waals surface area (Å²) in [6, 6.07) is 15.0. The van der Waals surface area contributed by atoms with Crippen molar-refractivity contribution in [3.8, 4) is 17.2 Å². The number of rotatable bonds is 9. The number of hydrogen-bond donors (Lipinski definition) is 4. The van der Waals surface area contributed by atoms with Crippen LogP contribution in [0.4, 0.5) is 18.9 Å². The fourth-order valence-corrected chi connectivity index (χ4v) is 3.56. The molecule has 1 unspecified atom stereocenters. The Labute approximate surface area is 202 Å². The van der Waals surface area contributed by atoms with Gasteiger partial charge in [0, 0.05) is 16.8 Å². The molecule has 0 bridgehead atoms. The largest absolute Gasteiger partial charge is 0.494 e. The molecule has 0 saturated heterocycles. The molecule has 0 spiro atoms. The van der Waals surface area contributed by atoms with E-state index in [9.17, 15) is 18.0 Å². The third-order valence-corrected chi connectivity index (χ3v) is 5.23. The molecule has 12 heteroatoms. The molecule has 36 heavy (non-hydrogen) atoms. The zero-order valence-electron chi connectivity index (χ0n) is 18.8. The number of methoxy groups -OCH3 is 1. The van der Waals surface area contributed by atoms with Crippen molar-refractivity contribution in [2.75, 3.05) is 12.4 Å². The van der Waals surface area contributed by atoms with Gasteiger partial charge in [0.05, 0.1) is 7.11 Å². The van der Waals surface area contributed by atoms with Crippen LogP contribution in [0.5, 0.6) is 11.5 Å². The molecule has 0 saturated carbocycles. The number of anilines is 1. The smallest absolute Gasteiger partial charge is 0.387 e. The third kappa shape index (κ3) is 5.17. The number of aromatic nitrogens is 3. The molecule has 5 N–H and O–H groups in total. The summed E-state index contributed by atoms with van der Waals surface area (Å²) in [7, 11) is 1.44. The maximum atomic E-state index is 15.0. The molecule has 0 fully saturated rings. The van der Waals surface area contributed by atoms with Crippen LogP contribution in [0.15, 0.2) is 71.5 Å². The molecule has 0 radical (unpaired) electrons. The van der Waals surface area contributed by atoms with Crippen LogP contribution in [-0.2, 0) is 0 Å². The molecule has 4 rings (SSSR count). The van der Waals surface area contributed by atoms with E-state index in [0.29, 0.717) is 22.7 Å². The van der Waals surface area contributed by atoms with Crippen LogP contribution in [0.25, 0.3) is 5.69 Å². The molecule has 1 heterocycles. The lowest BCUT2D eigenvalue weighted by atomic mass is 10.0. The standard InChI is InChI=1S/C24H21F3N6O3/c1-35-19-5-3-2-4-18(19)33-24(34)31-22(32-33)20(30-14-8-6-13(7-9-14)21(28)29)16-12-15(36-23(26)27)10-11-17(16)25/h2-12,20,23,30H,1H3,(H3,28,29)(H,31,32,34). The normalized spacial score (nSPS) is 11.8. The van der Waals surface area contributed by atoms with Crippen LogP contribution in [0.2, 0.25) is 0 Å². The lowest BCUT2D eigenvalue weighted by molar-refractivity contribution is -0.0499. The number of amidine groups is 1. The summed E-state index contributed by atoms with van der Waals surface area (Å²) >= 11 is 0. The van der Waals surface area contributed by atoms with Crippen LogP contribution < -0.4 is 26.2 Å². The monoisotopic (exact) mass is 498 g/mol. The zero-order chi connectivity index (χ0) is 25.8. The van der Waals surface area contributed by atoms with Crippen molar-refractivity contribution in [3.63, 3.8) is 0 Å². The van der Waals surface area contributed by atoms with Gasteiger partial charge >= 0.3 is 12.3 Å². The van der Waals surface area contributed by atoms with E-state index in [1.807, 2.05) is 0 Å². The number of alkyl halides is 2. The van der Waals surface area contributed by atoms with Crippen molar-refractivity contribution in [1.29, 1.82) is 5.41 Å². The SMILES string of the molecule is COc1ccccc1-n1nc(C(Nc2ccc(C(=N)N)cc2)c2cc(OC(F)F)ccc2F)[nH]c1=O. The summed E-state index contributed by atoms with van der Waals surface area (Å²) < 4.78 is 51.4. The van der Waals surface area contributed by atoms with Gasteiger partial charge in [-0.1, -0.05) is 12.1 Å². The molecule has 0 aliphatic heterocycles. The van der Waals surface area contributed by atoms with Gasteiger partial charge in [-0.3, -0.25) is 10.4 Å². The summed E-state index contributed by atoms with van der Waals surface area (Å²) in [5.74, 6) is -0.787. The molecule has 0 amide bonds. The quantitative estimate of drug-likeness (QED) is 0.205. The van der Waals surface area contributed by atoms with E-state index >= 15 is 0 Å². The Morgan fingerprint density at radius 3 is 2.53 bits per heavy atom. The van der Waals surface area contributed by atoms with Crippen LogP contribution in [0.1, 0.15) is 23.0 Å². The van der Waals surface area contributed by atoms with Crippen molar-refractivity contribution >= 4 is 11.5 Å². The van der Waals surface area contributed by atoms with Gasteiger partial charge in [0.2, 0.25) is 0 Å². The Morgan fingerprint density at radius 2 is 1.86 bits per heavy atom. The number of nitrogens with zero attached hydrogens (tertiary/aromatic N) is 2. The first-order valence-corrected chi connectivity index (χ1v) is 10.5. The molecule has 4 aromatic rings. The lowest BCUT2D eigenvalue weighted by Gasteiger charge is -2.20. The molecule has 186 valence electrons. The average Bonchev–Trinajstić information content (AvgIpc) is 3.24. The number of nitrogens with two attached hydrogens (primary N) is 1. The number of nitrogen functional groups attached to an aromatic ring is 1. The highest BCUT2D eigenvalue weighted by Crippen LogP contribution is 2.30. The van der Waals surface area contributed by atoms with Crippen molar-refractivity contribution in [3.05, 3.63) is 100.0 Å². The lowest BCUT2D eigenvalue weighted by Crippen LogP contribution is -2.17. The number of H-pyrrole nitrogens is 1. The molecular weight excluding hydrogens is 477 g/mol. The minimum absolute atomic E-state index is 0.00496. The predicted octanol–water partition coefficient (Wildman–Crippen LogP) is 3.80. The number of aromatic amines is 1. The molecule has 3 aromatic carbocycles. The van der Waals surface area contributed by atoms with Gasteiger partial charge in [0.25, 0.3) is 0 Å². The summed E-state index contributed by atoms with van der Waals surface area (Å²) in [6.07, 6.45) is 0. The molecular formula is C24H21F3N6O3. The second kappa shape index (κ2) is 10.3. The van der Waals surface area contributed by atoms with Crippen LogP contribution in [0.3, 0.4) is 0 Å². The highest BCUT2D eigenvalue weighted by Gasteiger charge is 2.25. The Hall–Kier alpha value is -4.74. The van der Waals surface area contributed by atoms with Gasteiger partial charge in [-0.15, -0.1) is 5.10 Å². The molecule has 9 nitrogen and oxygen atoms in total. The Kier molecular flexibility index (Phi) is 6.95. The third-order valence-electron chi connectivity index (χ3n) is 5.23. The fourth-order valence-electron chi connectivity index (χ4n) is 3.56. The Balaban J connectivity index is 1.82. The summed E-state index contributed by atoms with van der Waals surface area (Å²) in [4.78, 5) is 15.4. The topological polar surface area (TPSA) is 131 Å². The maximum absolute atomic E-state index is 15.0. The second-order valence-electron chi connectivity index (χ2n) is 7.53. The van der Waals surface area contributed by atoms with Gasteiger partial charge < -0.3 is 20.5 Å². The van der Waals surface area contributed by atoms with E-state index in [-0.39, 0.29) is 23.0 Å². The highest BCUT2D eigenvalue weighted by atomic mass is 19.3. The van der Waals surface area contributed by atoms with Gasteiger partial charge in [-0.2, -0.15) is 13.5 Å². The van der Waals surface area contributed by atoms with Crippen LogP contribution in [0, 0.1) is 11.2 Å². The predicted molar refractivity (Wildman–Crippen MR) is 127 cm³/mol. The first kappa shape index (κ1) is 24.4. The summed E-state index contributed by atoms with van der Waals surface area (Å²) in [5, 5.41) is 14.9. The second-order valence-corrected chi connectivity index (χ2v) is 7.53. The minimum Gasteiger partial charge on any atom is -0.494 e. The van der Waals surface area contributed by atoms with Crippen LogP contribution in [-0.4, -0.2) is 34.3 Å². The van der Waals surface area contributed by atoms with Crippen molar-refractivity contribution in [2.45, 2.75) is 12.7 Å². The van der Waals surface area contributed by atoms with Gasteiger partial charge in [0.15, 0.2) is 5.82 Å². The minimum atomic E-state index is -3.11. The number of ether oxygens (including phenoxy) is 2. The summed E-state index contributed by atoms with van der Waals surface area (Å²) in [5.41, 5.74) is 6.02. The number of halogens is 3. The fraction of sp³-hybridized carbons (Fsp3) is 0.125. The van der Waals surface area contributed by atoms with Gasteiger partial charge in [-0.25, -0.2) is 9.18 Å². The van der Waals surface area contributed by atoms with E-state index in [1.165, 1.54) is 7.11 Å². The van der Waals surface area contributed by atoms with Crippen molar-refractivity contribution in [2.24, 2.45) is 5.73 Å². The first-order valence-electron chi connectivity index (χ1n) is 10.5. The van der Waals surface area contributed by atoms with E-state index in [0.717, 1.165) is 22.9 Å². The number of nitrogens with one attached hydrogen (secondary N) is 3. The van der Waals surface area contributed by atoms with Crippen molar-refractivity contribution in [1.82, 2.24) is 14.8 Å². The summed E-state index contributed by atoms with van der Waals surface area (Å²) in [6.45, 7) is -3.11. The Bertz CT molecular complexity index is 1440. The maximum Gasteiger partial charge on any atom is 0.387 e. The number of hydrogen-bond acceptors (Lipinski definition) is 6. The average molecular weight is 498 g/mol. The number of benzene rings is 3. The van der Waals surface area contributed by atoms with Gasteiger partial charge in [-0.05, 0) is 54.6 Å². The van der Waals surface area contributed by atoms with E-state index in [2.05, 4.69) is 20.1 Å². The molecule has 1 aromatic heterocycles. The Morgan fingerprint density at radius 1 is 1.14 bits per heavy atom.